The molecule has 2 rings (SSSR count). The second-order valence-corrected chi connectivity index (χ2v) is 5.11. The minimum Gasteiger partial charge on any atom is -0.493 e. The molecule has 0 aliphatic rings. The molecule has 132 valence electrons. The molecule has 0 saturated heterocycles. The molecule has 0 saturated carbocycles. The Morgan fingerprint density at radius 2 is 2.16 bits per heavy atom. The second-order valence-electron chi connectivity index (χ2n) is 5.11. The number of nitrogens with two attached hydrogens (primary N) is 1. The number of amides is 2. The Kier molecular flexibility index (Phi) is 6.10. The van der Waals surface area contributed by atoms with E-state index >= 15 is 0 Å². The molecule has 3 N–H and O–H groups in total. The molecule has 9 heteroatoms. The number of aromatic nitrogens is 2. The Labute approximate surface area is 144 Å². The Morgan fingerprint density at radius 1 is 1.36 bits per heavy atom. The van der Waals surface area contributed by atoms with Crippen LogP contribution in [0.4, 0.5) is 0 Å². The number of carbonyl (C=O) groups is 2. The number of aryl methyl sites for hydroxylation is 1. The molecule has 0 bridgehead atoms. The van der Waals surface area contributed by atoms with Gasteiger partial charge in [-0.2, -0.15) is 10.2 Å². The number of methoxy groups -OCH3 is 1. The number of primary amides is 1. The molecule has 2 amide bonds. The predicted molar refractivity (Wildman–Crippen MR) is 90.4 cm³/mol. The molecule has 1 heterocycles. The standard InChI is InChI=1S/C16H19N5O4/c1-11-5-6-21(20-11)9-16(23)19-18-8-12-3-4-13(14(7-12)24-2)25-10-15(17)22/h3-8H,9-10H2,1-2H3,(H2,17,22)(H,19,23)/b18-8-. The van der Waals surface area contributed by atoms with Gasteiger partial charge in [0.1, 0.15) is 6.54 Å². The summed E-state index contributed by atoms with van der Waals surface area (Å²) < 4.78 is 11.9. The van der Waals surface area contributed by atoms with E-state index in [0.717, 1.165) is 5.69 Å². The Hall–Kier alpha value is -3.36. The highest BCUT2D eigenvalue weighted by molar-refractivity contribution is 5.83. The molecule has 1 aromatic carbocycles. The quantitative estimate of drug-likeness (QED) is 0.523. The minimum absolute atomic E-state index is 0.0778. The van der Waals surface area contributed by atoms with Crippen molar-refractivity contribution < 1.29 is 19.1 Å². The average molecular weight is 345 g/mol. The van der Waals surface area contributed by atoms with Crippen molar-refractivity contribution in [3.63, 3.8) is 0 Å². The Bertz CT molecular complexity index is 785. The number of ether oxygens (including phenoxy) is 2. The first-order valence-corrected chi connectivity index (χ1v) is 7.39. The molecule has 2 aromatic rings. The molecule has 0 unspecified atom stereocenters. The molecule has 0 aliphatic heterocycles. The second kappa shape index (κ2) is 8.48. The largest absolute Gasteiger partial charge is 0.493 e. The van der Waals surface area contributed by atoms with Crippen molar-refractivity contribution in [1.29, 1.82) is 0 Å². The fourth-order valence-electron chi connectivity index (χ4n) is 1.95. The van der Waals surface area contributed by atoms with Gasteiger partial charge in [-0.1, -0.05) is 0 Å². The number of rotatable bonds is 8. The molecule has 0 radical (unpaired) electrons. The van der Waals surface area contributed by atoms with Crippen LogP contribution in [0.25, 0.3) is 0 Å². The third kappa shape index (κ3) is 5.65. The number of carbonyl (C=O) groups excluding carboxylic acids is 2. The zero-order valence-electron chi connectivity index (χ0n) is 13.9. The third-order valence-corrected chi connectivity index (χ3v) is 3.04. The molecule has 25 heavy (non-hydrogen) atoms. The Balaban J connectivity index is 1.93. The van der Waals surface area contributed by atoms with Gasteiger partial charge in [-0.3, -0.25) is 14.3 Å². The smallest absolute Gasteiger partial charge is 0.261 e. The highest BCUT2D eigenvalue weighted by Gasteiger charge is 2.07. The van der Waals surface area contributed by atoms with Crippen LogP contribution in [0, 0.1) is 6.92 Å². The summed E-state index contributed by atoms with van der Waals surface area (Å²) in [7, 11) is 1.47. The van der Waals surface area contributed by atoms with E-state index < -0.39 is 5.91 Å². The molecular weight excluding hydrogens is 326 g/mol. The van der Waals surface area contributed by atoms with E-state index in [1.807, 2.05) is 13.0 Å². The minimum atomic E-state index is -0.581. The van der Waals surface area contributed by atoms with Crippen molar-refractivity contribution in [1.82, 2.24) is 15.2 Å². The van der Waals surface area contributed by atoms with Crippen LogP contribution in [-0.4, -0.2) is 41.5 Å². The van der Waals surface area contributed by atoms with Crippen LogP contribution in [0.1, 0.15) is 11.3 Å². The van der Waals surface area contributed by atoms with Crippen LogP contribution in [0.5, 0.6) is 11.5 Å². The summed E-state index contributed by atoms with van der Waals surface area (Å²) in [5, 5.41) is 8.01. The summed E-state index contributed by atoms with van der Waals surface area (Å²) in [5.41, 5.74) is 8.97. The maximum absolute atomic E-state index is 11.8. The fraction of sp³-hybridized carbons (Fsp3) is 0.250. The van der Waals surface area contributed by atoms with Gasteiger partial charge in [0.25, 0.3) is 11.8 Å². The van der Waals surface area contributed by atoms with Crippen molar-refractivity contribution in [2.45, 2.75) is 13.5 Å². The number of nitrogens with zero attached hydrogens (tertiary/aromatic N) is 3. The molecule has 0 fully saturated rings. The van der Waals surface area contributed by atoms with E-state index in [9.17, 15) is 9.59 Å². The monoisotopic (exact) mass is 345 g/mol. The van der Waals surface area contributed by atoms with Crippen LogP contribution < -0.4 is 20.6 Å². The predicted octanol–water partition coefficient (Wildman–Crippen LogP) is 0.215. The van der Waals surface area contributed by atoms with Gasteiger partial charge in [-0.15, -0.1) is 0 Å². The third-order valence-electron chi connectivity index (χ3n) is 3.04. The van der Waals surface area contributed by atoms with E-state index in [4.69, 9.17) is 15.2 Å². The van der Waals surface area contributed by atoms with E-state index in [2.05, 4.69) is 15.6 Å². The number of hydrazone groups is 1. The lowest BCUT2D eigenvalue weighted by Gasteiger charge is -2.09. The summed E-state index contributed by atoms with van der Waals surface area (Å²) in [6.45, 7) is 1.68. The van der Waals surface area contributed by atoms with Gasteiger partial charge in [0.05, 0.1) is 19.0 Å². The molecule has 0 atom stereocenters. The van der Waals surface area contributed by atoms with Crippen LogP contribution in [0.15, 0.2) is 35.6 Å². The maximum Gasteiger partial charge on any atom is 0.261 e. The molecule has 9 nitrogen and oxygen atoms in total. The van der Waals surface area contributed by atoms with E-state index in [1.54, 1.807) is 24.4 Å². The van der Waals surface area contributed by atoms with Gasteiger partial charge in [0.15, 0.2) is 18.1 Å². The molecule has 0 spiro atoms. The highest BCUT2D eigenvalue weighted by atomic mass is 16.5. The first-order valence-electron chi connectivity index (χ1n) is 7.39. The van der Waals surface area contributed by atoms with Crippen LogP contribution in [0.2, 0.25) is 0 Å². The lowest BCUT2D eigenvalue weighted by atomic mass is 10.2. The van der Waals surface area contributed by atoms with Crippen molar-refractivity contribution >= 4 is 18.0 Å². The summed E-state index contributed by atoms with van der Waals surface area (Å²) >= 11 is 0. The number of hydrogen-bond acceptors (Lipinski definition) is 6. The van der Waals surface area contributed by atoms with E-state index in [0.29, 0.717) is 17.1 Å². The highest BCUT2D eigenvalue weighted by Crippen LogP contribution is 2.27. The first kappa shape index (κ1) is 18.0. The van der Waals surface area contributed by atoms with Crippen LogP contribution in [-0.2, 0) is 16.1 Å². The maximum atomic E-state index is 11.8. The van der Waals surface area contributed by atoms with Gasteiger partial charge >= 0.3 is 0 Å². The van der Waals surface area contributed by atoms with Crippen LogP contribution >= 0.6 is 0 Å². The summed E-state index contributed by atoms with van der Waals surface area (Å²) in [6.07, 6.45) is 3.18. The number of nitrogens with one attached hydrogen (secondary N) is 1. The van der Waals surface area contributed by atoms with Crippen LogP contribution in [0.3, 0.4) is 0 Å². The SMILES string of the molecule is COc1cc(/C=N\NC(=O)Cn2ccc(C)n2)ccc1OCC(N)=O. The van der Waals surface area contributed by atoms with Gasteiger partial charge in [0.2, 0.25) is 0 Å². The zero-order chi connectivity index (χ0) is 18.2. The normalized spacial score (nSPS) is 10.6. The van der Waals surface area contributed by atoms with E-state index in [-0.39, 0.29) is 19.1 Å². The molecule has 0 aliphatic carbocycles. The molecular formula is C16H19N5O4. The average Bonchev–Trinajstić information content (AvgIpc) is 2.98. The zero-order valence-corrected chi connectivity index (χ0v) is 13.9. The van der Waals surface area contributed by atoms with Crippen molar-refractivity contribution in [2.75, 3.05) is 13.7 Å². The lowest BCUT2D eigenvalue weighted by molar-refractivity contribution is -0.122. The summed E-state index contributed by atoms with van der Waals surface area (Å²) in [4.78, 5) is 22.5. The molecule has 1 aromatic heterocycles. The first-order chi connectivity index (χ1) is 12.0. The fourth-order valence-corrected chi connectivity index (χ4v) is 1.95. The van der Waals surface area contributed by atoms with Crippen molar-refractivity contribution in [2.24, 2.45) is 10.8 Å². The van der Waals surface area contributed by atoms with Gasteiger partial charge in [-0.25, -0.2) is 5.43 Å². The van der Waals surface area contributed by atoms with Crippen molar-refractivity contribution in [3.8, 4) is 11.5 Å². The van der Waals surface area contributed by atoms with Crippen molar-refractivity contribution in [3.05, 3.63) is 41.7 Å². The summed E-state index contributed by atoms with van der Waals surface area (Å²) in [6, 6.07) is 6.79. The number of hydrogen-bond donors (Lipinski definition) is 2. The van der Waals surface area contributed by atoms with Gasteiger partial charge < -0.3 is 15.2 Å². The van der Waals surface area contributed by atoms with E-state index in [1.165, 1.54) is 18.0 Å². The Morgan fingerprint density at radius 3 is 2.80 bits per heavy atom. The lowest BCUT2D eigenvalue weighted by Crippen LogP contribution is -2.23. The van der Waals surface area contributed by atoms with Gasteiger partial charge in [-0.05, 0) is 36.8 Å². The topological polar surface area (TPSA) is 121 Å². The summed E-state index contributed by atoms with van der Waals surface area (Å²) in [5.74, 6) is -0.0735. The number of benzene rings is 1. The van der Waals surface area contributed by atoms with Gasteiger partial charge in [0, 0.05) is 6.20 Å².